The van der Waals surface area contributed by atoms with Crippen molar-refractivity contribution in [1.29, 1.82) is 0 Å². The summed E-state index contributed by atoms with van der Waals surface area (Å²) in [5.41, 5.74) is 2.70. The lowest BCUT2D eigenvalue weighted by Gasteiger charge is -2.21. The summed E-state index contributed by atoms with van der Waals surface area (Å²) in [7, 11) is 1.98. The van der Waals surface area contributed by atoms with Gasteiger partial charge in [0.15, 0.2) is 5.96 Å². The highest BCUT2D eigenvalue weighted by molar-refractivity contribution is 14.0. The fourth-order valence-electron chi connectivity index (χ4n) is 4.09. The van der Waals surface area contributed by atoms with E-state index in [9.17, 15) is 0 Å². The van der Waals surface area contributed by atoms with Gasteiger partial charge in [-0.2, -0.15) is 5.10 Å². The summed E-state index contributed by atoms with van der Waals surface area (Å²) in [4.78, 5) is 7.33. The number of nitrogens with one attached hydrogen (secondary N) is 1. The van der Waals surface area contributed by atoms with E-state index >= 15 is 0 Å². The minimum Gasteiger partial charge on any atom is -0.357 e. The molecule has 1 aliphatic rings. The van der Waals surface area contributed by atoms with Crippen molar-refractivity contribution in [2.75, 3.05) is 26.2 Å². The van der Waals surface area contributed by atoms with Crippen LogP contribution in [0.4, 0.5) is 0 Å². The Bertz CT molecular complexity index is 959. The van der Waals surface area contributed by atoms with Crippen molar-refractivity contribution in [2.45, 2.75) is 25.7 Å². The number of hydrogen-bond acceptors (Lipinski definition) is 2. The summed E-state index contributed by atoms with van der Waals surface area (Å²) >= 11 is 0. The molecule has 0 aliphatic carbocycles. The second-order valence-electron chi connectivity index (χ2n) is 7.50. The molecule has 29 heavy (non-hydrogen) atoms. The SMILES string of the molecule is CCNC(=NCCc1cccc2ccccc12)N1CCC(c2cnn(C)c2)C1.I. The minimum absolute atomic E-state index is 0. The Labute approximate surface area is 190 Å². The lowest BCUT2D eigenvalue weighted by atomic mass is 10.0. The van der Waals surface area contributed by atoms with Gasteiger partial charge in [0.2, 0.25) is 0 Å². The molecule has 1 atom stereocenters. The van der Waals surface area contributed by atoms with Crippen LogP contribution in [-0.4, -0.2) is 46.8 Å². The average molecular weight is 503 g/mol. The molecule has 0 spiro atoms. The van der Waals surface area contributed by atoms with E-state index in [0.717, 1.165) is 45.0 Å². The minimum atomic E-state index is 0. The number of hydrogen-bond donors (Lipinski definition) is 1. The number of guanidine groups is 1. The van der Waals surface area contributed by atoms with Crippen LogP contribution in [0.2, 0.25) is 0 Å². The topological polar surface area (TPSA) is 45.5 Å². The standard InChI is InChI=1S/C23H29N5.HI/c1-3-24-23(28-14-12-20(17-28)21-15-26-27(2)16-21)25-13-11-19-9-6-8-18-7-4-5-10-22(18)19;/h4-10,15-16,20H,3,11-14,17H2,1-2H3,(H,24,25);1H. The van der Waals surface area contributed by atoms with Gasteiger partial charge in [0.25, 0.3) is 0 Å². The van der Waals surface area contributed by atoms with Crippen LogP contribution in [0.25, 0.3) is 10.8 Å². The number of fused-ring (bicyclic) bond motifs is 1. The number of aliphatic imine (C=N–C) groups is 1. The first-order valence-electron chi connectivity index (χ1n) is 10.2. The summed E-state index contributed by atoms with van der Waals surface area (Å²) in [6.45, 7) is 5.87. The third-order valence-corrected chi connectivity index (χ3v) is 5.54. The predicted octanol–water partition coefficient (Wildman–Crippen LogP) is 4.19. The van der Waals surface area contributed by atoms with Crippen LogP contribution in [0.1, 0.15) is 30.4 Å². The molecule has 0 amide bonds. The van der Waals surface area contributed by atoms with Crippen LogP contribution in [0.3, 0.4) is 0 Å². The van der Waals surface area contributed by atoms with Gasteiger partial charge in [-0.3, -0.25) is 9.67 Å². The molecule has 0 saturated carbocycles. The maximum atomic E-state index is 4.94. The zero-order valence-corrected chi connectivity index (χ0v) is 19.5. The van der Waals surface area contributed by atoms with Gasteiger partial charge in [0.05, 0.1) is 6.20 Å². The van der Waals surface area contributed by atoms with Crippen LogP contribution >= 0.6 is 24.0 Å². The molecule has 1 aromatic heterocycles. The van der Waals surface area contributed by atoms with Crippen molar-refractivity contribution in [3.63, 3.8) is 0 Å². The first-order valence-corrected chi connectivity index (χ1v) is 10.2. The lowest BCUT2D eigenvalue weighted by Crippen LogP contribution is -2.40. The Balaban J connectivity index is 0.00000240. The number of aromatic nitrogens is 2. The van der Waals surface area contributed by atoms with Crippen LogP contribution < -0.4 is 5.32 Å². The van der Waals surface area contributed by atoms with Crippen molar-refractivity contribution >= 4 is 40.7 Å². The van der Waals surface area contributed by atoms with Gasteiger partial charge in [-0.25, -0.2) is 0 Å². The first-order chi connectivity index (χ1) is 13.7. The second-order valence-corrected chi connectivity index (χ2v) is 7.50. The number of halogens is 1. The van der Waals surface area contributed by atoms with E-state index in [0.29, 0.717) is 5.92 Å². The van der Waals surface area contributed by atoms with E-state index in [4.69, 9.17) is 4.99 Å². The summed E-state index contributed by atoms with van der Waals surface area (Å²) in [5.74, 6) is 1.57. The van der Waals surface area contributed by atoms with Crippen molar-refractivity contribution in [3.8, 4) is 0 Å². The van der Waals surface area contributed by atoms with E-state index in [1.54, 1.807) is 0 Å². The fourth-order valence-corrected chi connectivity index (χ4v) is 4.09. The van der Waals surface area contributed by atoms with Crippen molar-refractivity contribution in [3.05, 3.63) is 66.0 Å². The number of aryl methyl sites for hydroxylation is 1. The van der Waals surface area contributed by atoms with E-state index in [1.807, 2.05) is 17.9 Å². The normalized spacial score (nSPS) is 16.8. The molecule has 1 unspecified atom stereocenters. The molecule has 5 nitrogen and oxygen atoms in total. The molecule has 3 aromatic rings. The van der Waals surface area contributed by atoms with E-state index in [-0.39, 0.29) is 24.0 Å². The van der Waals surface area contributed by atoms with Gasteiger partial charge in [0, 0.05) is 45.3 Å². The highest BCUT2D eigenvalue weighted by Gasteiger charge is 2.26. The Hall–Kier alpha value is -2.09. The lowest BCUT2D eigenvalue weighted by molar-refractivity contribution is 0.486. The predicted molar refractivity (Wildman–Crippen MR) is 131 cm³/mol. The Morgan fingerprint density at radius 1 is 1.21 bits per heavy atom. The third kappa shape index (κ3) is 5.10. The van der Waals surface area contributed by atoms with Crippen LogP contribution in [-0.2, 0) is 13.5 Å². The van der Waals surface area contributed by atoms with Gasteiger partial charge in [-0.15, -0.1) is 24.0 Å². The van der Waals surface area contributed by atoms with Crippen molar-refractivity contribution in [1.82, 2.24) is 20.0 Å². The molecule has 0 bridgehead atoms. The second kappa shape index (κ2) is 10.1. The quantitative estimate of drug-likeness (QED) is 0.323. The van der Waals surface area contributed by atoms with Crippen LogP contribution in [0, 0.1) is 0 Å². The molecular weight excluding hydrogens is 473 g/mol. The zero-order chi connectivity index (χ0) is 19.3. The van der Waals surface area contributed by atoms with Crippen molar-refractivity contribution < 1.29 is 0 Å². The number of benzene rings is 2. The summed E-state index contributed by atoms with van der Waals surface area (Å²) < 4.78 is 1.89. The molecule has 2 aromatic carbocycles. The highest BCUT2D eigenvalue weighted by atomic mass is 127. The van der Waals surface area contributed by atoms with E-state index < -0.39 is 0 Å². The molecule has 1 fully saturated rings. The maximum Gasteiger partial charge on any atom is 0.193 e. The summed E-state index contributed by atoms with van der Waals surface area (Å²) in [5, 5.41) is 10.4. The molecule has 1 N–H and O–H groups in total. The number of nitrogens with zero attached hydrogens (tertiary/aromatic N) is 4. The van der Waals surface area contributed by atoms with Crippen molar-refractivity contribution in [2.24, 2.45) is 12.0 Å². The number of rotatable bonds is 5. The van der Waals surface area contributed by atoms with Crippen LogP contribution in [0.15, 0.2) is 59.9 Å². The molecule has 2 heterocycles. The van der Waals surface area contributed by atoms with Crippen LogP contribution in [0.5, 0.6) is 0 Å². The molecule has 0 radical (unpaired) electrons. The largest absolute Gasteiger partial charge is 0.357 e. The smallest absolute Gasteiger partial charge is 0.193 e. The van der Waals surface area contributed by atoms with E-state index in [1.165, 1.54) is 21.9 Å². The van der Waals surface area contributed by atoms with Gasteiger partial charge in [-0.05, 0) is 41.7 Å². The fraction of sp³-hybridized carbons (Fsp3) is 0.391. The van der Waals surface area contributed by atoms with Gasteiger partial charge in [0.1, 0.15) is 0 Å². The Morgan fingerprint density at radius 3 is 2.83 bits per heavy atom. The molecule has 4 rings (SSSR count). The Morgan fingerprint density at radius 2 is 2.03 bits per heavy atom. The summed E-state index contributed by atoms with van der Waals surface area (Å²) in [6, 6.07) is 15.1. The Kier molecular flexibility index (Phi) is 7.52. The third-order valence-electron chi connectivity index (χ3n) is 5.54. The van der Waals surface area contributed by atoms with Gasteiger partial charge in [-0.1, -0.05) is 42.5 Å². The molecule has 1 aliphatic heterocycles. The molecule has 1 saturated heterocycles. The monoisotopic (exact) mass is 503 g/mol. The first kappa shape index (κ1) is 21.6. The molecule has 6 heteroatoms. The van der Waals surface area contributed by atoms with Gasteiger partial charge >= 0.3 is 0 Å². The average Bonchev–Trinajstić information content (AvgIpc) is 3.36. The van der Waals surface area contributed by atoms with E-state index in [2.05, 4.69) is 70.9 Å². The zero-order valence-electron chi connectivity index (χ0n) is 17.2. The van der Waals surface area contributed by atoms with Gasteiger partial charge < -0.3 is 10.2 Å². The molecular formula is C23H30IN5. The molecule has 154 valence electrons. The number of likely N-dealkylation sites (tertiary alicyclic amines) is 1. The summed E-state index contributed by atoms with van der Waals surface area (Å²) in [6.07, 6.45) is 6.24. The maximum absolute atomic E-state index is 4.94. The highest BCUT2D eigenvalue weighted by Crippen LogP contribution is 2.26.